The molecule has 0 aromatic heterocycles. The molecule has 1 aromatic carbocycles. The van der Waals surface area contributed by atoms with Gasteiger partial charge in [-0.15, -0.1) is 0 Å². The van der Waals surface area contributed by atoms with E-state index in [1.54, 1.807) is 0 Å². The third-order valence-electron chi connectivity index (χ3n) is 1.70. The highest BCUT2D eigenvalue weighted by molar-refractivity contribution is 5.70. The Hall–Kier alpha value is -1.39. The maximum Gasteiger partial charge on any atom is 0.334 e. The molecule has 0 atom stereocenters. The van der Waals surface area contributed by atoms with Crippen molar-refractivity contribution in [3.8, 4) is 0 Å². The second-order valence-electron chi connectivity index (χ2n) is 2.77. The summed E-state index contributed by atoms with van der Waals surface area (Å²) in [5, 5.41) is 0. The average molecular weight is 195 g/mol. The smallest absolute Gasteiger partial charge is 0.334 e. The number of rotatable bonds is 5. The second kappa shape index (κ2) is 6.12. The van der Waals surface area contributed by atoms with Gasteiger partial charge in [-0.25, -0.2) is 10.7 Å². The van der Waals surface area contributed by atoms with E-state index in [1.165, 1.54) is 0 Å². The van der Waals surface area contributed by atoms with Gasteiger partial charge in [0.1, 0.15) is 0 Å². The van der Waals surface area contributed by atoms with E-state index in [0.29, 0.717) is 13.0 Å². The maximum absolute atomic E-state index is 10.8. The molecule has 0 bridgehead atoms. The van der Waals surface area contributed by atoms with E-state index in [9.17, 15) is 4.79 Å². The maximum atomic E-state index is 10.8. The molecule has 0 fully saturated rings. The molecule has 4 nitrogen and oxygen atoms in total. The fraction of sp³-hybridized carbons (Fsp3) is 0.300. The zero-order valence-corrected chi connectivity index (χ0v) is 7.81. The minimum atomic E-state index is -0.441. The molecule has 0 saturated heterocycles. The first kappa shape index (κ1) is 10.7. The lowest BCUT2D eigenvalue weighted by atomic mass is 10.2. The lowest BCUT2D eigenvalue weighted by molar-refractivity contribution is -0.149. The summed E-state index contributed by atoms with van der Waals surface area (Å²) in [6, 6.07) is 9.79. The number of esters is 1. The Labute approximate surface area is 82.6 Å². The molecule has 4 heteroatoms. The minimum absolute atomic E-state index is 0.200. The lowest BCUT2D eigenvalue weighted by Gasteiger charge is -2.03. The number of hydrogen-bond donors (Lipinski definition) is 1. The van der Waals surface area contributed by atoms with Crippen LogP contribution < -0.4 is 5.90 Å². The highest BCUT2D eigenvalue weighted by Gasteiger charge is 2.01. The Bertz CT molecular complexity index is 274. The number of benzene rings is 1. The molecule has 0 aliphatic rings. The van der Waals surface area contributed by atoms with Gasteiger partial charge in [-0.2, -0.15) is 0 Å². The molecule has 0 amide bonds. The normalized spacial score (nSPS) is 9.79. The van der Waals surface area contributed by atoms with E-state index in [1.807, 2.05) is 30.3 Å². The third kappa shape index (κ3) is 4.02. The van der Waals surface area contributed by atoms with Crippen LogP contribution in [0.25, 0.3) is 0 Å². The van der Waals surface area contributed by atoms with Gasteiger partial charge in [0.05, 0.1) is 6.61 Å². The zero-order valence-electron chi connectivity index (χ0n) is 7.81. The van der Waals surface area contributed by atoms with Gasteiger partial charge in [0, 0.05) is 6.42 Å². The molecule has 76 valence electrons. The highest BCUT2D eigenvalue weighted by atomic mass is 16.6. The number of hydrogen-bond acceptors (Lipinski definition) is 4. The van der Waals surface area contributed by atoms with E-state index in [-0.39, 0.29) is 6.61 Å². The van der Waals surface area contributed by atoms with Crippen molar-refractivity contribution in [2.45, 2.75) is 6.42 Å². The van der Waals surface area contributed by atoms with Crippen molar-refractivity contribution in [1.29, 1.82) is 0 Å². The van der Waals surface area contributed by atoms with Crippen LogP contribution in [-0.4, -0.2) is 19.2 Å². The first-order chi connectivity index (χ1) is 6.83. The van der Waals surface area contributed by atoms with Crippen molar-refractivity contribution < 1.29 is 14.4 Å². The molecule has 1 aromatic rings. The number of carbonyl (C=O) groups excluding carboxylic acids is 1. The Kier molecular flexibility index (Phi) is 4.68. The van der Waals surface area contributed by atoms with Gasteiger partial charge in [0.25, 0.3) is 0 Å². The van der Waals surface area contributed by atoms with Gasteiger partial charge >= 0.3 is 5.97 Å². The van der Waals surface area contributed by atoms with Crippen molar-refractivity contribution >= 4 is 5.97 Å². The van der Waals surface area contributed by atoms with Crippen molar-refractivity contribution in [3.05, 3.63) is 35.9 Å². The molecule has 0 aliphatic heterocycles. The standard InChI is InChI=1S/C10H13NO3/c11-14-8-10(12)13-7-6-9-4-2-1-3-5-9/h1-5H,6-8,11H2. The van der Waals surface area contributed by atoms with Crippen LogP contribution in [0.4, 0.5) is 0 Å². The molecule has 0 saturated carbocycles. The van der Waals surface area contributed by atoms with Gasteiger partial charge < -0.3 is 4.74 Å². The van der Waals surface area contributed by atoms with Crippen molar-refractivity contribution in [3.63, 3.8) is 0 Å². The Morgan fingerprint density at radius 2 is 2.00 bits per heavy atom. The predicted octanol–water partition coefficient (Wildman–Crippen LogP) is 0.663. The van der Waals surface area contributed by atoms with E-state index >= 15 is 0 Å². The quantitative estimate of drug-likeness (QED) is 0.554. The van der Waals surface area contributed by atoms with E-state index < -0.39 is 5.97 Å². The molecule has 1 rings (SSSR count). The SMILES string of the molecule is NOCC(=O)OCCc1ccccc1. The van der Waals surface area contributed by atoms with Crippen molar-refractivity contribution in [2.24, 2.45) is 5.90 Å². The van der Waals surface area contributed by atoms with Gasteiger partial charge in [0.15, 0.2) is 6.61 Å². The third-order valence-corrected chi connectivity index (χ3v) is 1.70. The Morgan fingerprint density at radius 3 is 2.64 bits per heavy atom. The van der Waals surface area contributed by atoms with E-state index in [4.69, 9.17) is 10.6 Å². The number of nitrogens with two attached hydrogens (primary N) is 1. The summed E-state index contributed by atoms with van der Waals surface area (Å²) < 4.78 is 4.84. The monoisotopic (exact) mass is 195 g/mol. The summed E-state index contributed by atoms with van der Waals surface area (Å²) in [6.07, 6.45) is 0.706. The van der Waals surface area contributed by atoms with Crippen molar-refractivity contribution in [1.82, 2.24) is 0 Å². The summed E-state index contributed by atoms with van der Waals surface area (Å²) in [5.74, 6) is 4.27. The van der Waals surface area contributed by atoms with Crippen LogP contribution in [0.1, 0.15) is 5.56 Å². The predicted molar refractivity (Wildman–Crippen MR) is 51.2 cm³/mol. The van der Waals surface area contributed by atoms with E-state index in [0.717, 1.165) is 5.56 Å². The summed E-state index contributed by atoms with van der Waals surface area (Å²) in [7, 11) is 0. The zero-order chi connectivity index (χ0) is 10.2. The second-order valence-corrected chi connectivity index (χ2v) is 2.77. The fourth-order valence-corrected chi connectivity index (χ4v) is 1.04. The molecular weight excluding hydrogens is 182 g/mol. The molecule has 2 N–H and O–H groups in total. The summed E-state index contributed by atoms with van der Waals surface area (Å²) >= 11 is 0. The van der Waals surface area contributed by atoms with Gasteiger partial charge in [-0.3, -0.25) is 4.84 Å². The lowest BCUT2D eigenvalue weighted by Crippen LogP contribution is -2.16. The molecular formula is C10H13NO3. The van der Waals surface area contributed by atoms with E-state index in [2.05, 4.69) is 4.84 Å². The van der Waals surface area contributed by atoms with Gasteiger partial charge in [-0.1, -0.05) is 30.3 Å². The Morgan fingerprint density at radius 1 is 1.29 bits per heavy atom. The summed E-state index contributed by atoms with van der Waals surface area (Å²) in [5.41, 5.74) is 1.13. The molecule has 14 heavy (non-hydrogen) atoms. The summed E-state index contributed by atoms with van der Waals surface area (Å²) in [6.45, 7) is 0.154. The van der Waals surface area contributed by atoms with Crippen LogP contribution in [-0.2, 0) is 20.8 Å². The first-order valence-electron chi connectivity index (χ1n) is 4.34. The van der Waals surface area contributed by atoms with Crippen LogP contribution in [0.3, 0.4) is 0 Å². The first-order valence-corrected chi connectivity index (χ1v) is 4.34. The minimum Gasteiger partial charge on any atom is -0.464 e. The average Bonchev–Trinajstić information content (AvgIpc) is 2.20. The number of carbonyl (C=O) groups is 1. The van der Waals surface area contributed by atoms with Crippen LogP contribution in [0, 0.1) is 0 Å². The largest absolute Gasteiger partial charge is 0.464 e. The van der Waals surface area contributed by atoms with Crippen LogP contribution in [0.5, 0.6) is 0 Å². The Balaban J connectivity index is 2.19. The molecule has 0 unspecified atom stereocenters. The molecule has 0 aliphatic carbocycles. The van der Waals surface area contributed by atoms with Gasteiger partial charge in [0.2, 0.25) is 0 Å². The van der Waals surface area contributed by atoms with Gasteiger partial charge in [-0.05, 0) is 5.56 Å². The molecule has 0 radical (unpaired) electrons. The van der Waals surface area contributed by atoms with Crippen LogP contribution in [0.2, 0.25) is 0 Å². The topological polar surface area (TPSA) is 61.5 Å². The fourth-order valence-electron chi connectivity index (χ4n) is 1.04. The molecule has 0 heterocycles. The summed E-state index contributed by atoms with van der Waals surface area (Å²) in [4.78, 5) is 14.9. The van der Waals surface area contributed by atoms with Crippen LogP contribution >= 0.6 is 0 Å². The van der Waals surface area contributed by atoms with Crippen molar-refractivity contribution in [2.75, 3.05) is 13.2 Å². The van der Waals surface area contributed by atoms with Crippen LogP contribution in [0.15, 0.2) is 30.3 Å². The highest BCUT2D eigenvalue weighted by Crippen LogP contribution is 1.99. The number of ether oxygens (including phenoxy) is 1. The molecule has 0 spiro atoms.